The fourth-order valence-corrected chi connectivity index (χ4v) is 4.85. The number of amides is 1. The number of rotatable bonds is 6. The van der Waals surface area contributed by atoms with Crippen molar-refractivity contribution in [2.45, 2.75) is 90.4 Å². The number of hydrogen-bond acceptors (Lipinski definition) is 5. The molecular weight excluding hydrogens is 434 g/mol. The van der Waals surface area contributed by atoms with Gasteiger partial charge >= 0.3 is 6.09 Å². The Morgan fingerprint density at radius 3 is 2.45 bits per heavy atom. The summed E-state index contributed by atoms with van der Waals surface area (Å²) in [7, 11) is -1.87. The van der Waals surface area contributed by atoms with Crippen molar-refractivity contribution in [2.75, 3.05) is 11.9 Å². The van der Waals surface area contributed by atoms with Gasteiger partial charge in [-0.1, -0.05) is 51.1 Å². The number of carbonyl (C=O) groups is 1. The van der Waals surface area contributed by atoms with Gasteiger partial charge in [0, 0.05) is 12.5 Å². The van der Waals surface area contributed by atoms with Crippen molar-refractivity contribution in [3.8, 4) is 0 Å². The molecule has 2 aromatic rings. The van der Waals surface area contributed by atoms with E-state index in [0.717, 1.165) is 17.7 Å². The van der Waals surface area contributed by atoms with Crippen LogP contribution in [0.5, 0.6) is 0 Å². The third-order valence-corrected chi connectivity index (χ3v) is 10.9. The third kappa shape index (κ3) is 6.46. The fourth-order valence-electron chi connectivity index (χ4n) is 3.50. The summed E-state index contributed by atoms with van der Waals surface area (Å²) >= 11 is 0. The number of hydrogen-bond donors (Lipinski definition) is 1. The maximum absolute atomic E-state index is 12.5. The number of nitrogens with one attached hydrogen (secondary N) is 1. The molecule has 2 heterocycles. The topological polar surface area (TPSA) is 74.6 Å². The van der Waals surface area contributed by atoms with Gasteiger partial charge in [0.15, 0.2) is 8.32 Å². The Morgan fingerprint density at radius 1 is 1.18 bits per heavy atom. The van der Waals surface area contributed by atoms with Crippen molar-refractivity contribution in [1.82, 2.24) is 9.78 Å². The number of nitrogens with zero attached hydrogens (tertiary/aromatic N) is 2. The quantitative estimate of drug-likeness (QED) is 0.503. The zero-order valence-electron chi connectivity index (χ0n) is 21.3. The molecule has 1 fully saturated rings. The van der Waals surface area contributed by atoms with E-state index in [0.29, 0.717) is 12.4 Å². The molecule has 8 heteroatoms. The van der Waals surface area contributed by atoms with Crippen LogP contribution in [0.15, 0.2) is 36.4 Å². The van der Waals surface area contributed by atoms with Crippen LogP contribution in [-0.4, -0.2) is 36.9 Å². The number of ether oxygens (including phenoxy) is 2. The normalized spacial score (nSPS) is 19.5. The third-order valence-electron chi connectivity index (χ3n) is 6.36. The van der Waals surface area contributed by atoms with E-state index in [1.54, 1.807) is 0 Å². The van der Waals surface area contributed by atoms with Gasteiger partial charge in [-0.25, -0.2) is 9.48 Å². The van der Waals surface area contributed by atoms with Gasteiger partial charge in [0.2, 0.25) is 0 Å². The number of carbonyl (C=O) groups excluding carboxylic acids is 1. The largest absolute Gasteiger partial charge is 0.444 e. The highest BCUT2D eigenvalue weighted by atomic mass is 28.4. The van der Waals surface area contributed by atoms with E-state index >= 15 is 0 Å². The van der Waals surface area contributed by atoms with Gasteiger partial charge in [-0.05, 0) is 44.5 Å². The average molecular weight is 474 g/mol. The first kappa shape index (κ1) is 25.5. The zero-order chi connectivity index (χ0) is 24.4. The average Bonchev–Trinajstić information content (AvgIpc) is 3.33. The molecule has 0 bridgehead atoms. The molecule has 1 aromatic carbocycles. The Hall–Kier alpha value is -2.16. The molecule has 7 nitrogen and oxygen atoms in total. The van der Waals surface area contributed by atoms with E-state index in [9.17, 15) is 4.79 Å². The van der Waals surface area contributed by atoms with Crippen LogP contribution in [0.25, 0.3) is 0 Å². The molecule has 1 aliphatic rings. The minimum Gasteiger partial charge on any atom is -0.444 e. The van der Waals surface area contributed by atoms with Crippen molar-refractivity contribution < 1.29 is 18.7 Å². The van der Waals surface area contributed by atoms with E-state index in [4.69, 9.17) is 19.0 Å². The zero-order valence-corrected chi connectivity index (χ0v) is 22.3. The molecule has 1 N–H and O–H groups in total. The Labute approximate surface area is 198 Å². The van der Waals surface area contributed by atoms with Crippen LogP contribution in [0.2, 0.25) is 18.1 Å². The summed E-state index contributed by atoms with van der Waals surface area (Å²) in [6, 6.07) is 11.5. The molecule has 0 spiro atoms. The van der Waals surface area contributed by atoms with Gasteiger partial charge in [-0.2, -0.15) is 5.10 Å². The Kier molecular flexibility index (Phi) is 7.41. The molecular formula is C25H39N3O4Si. The maximum atomic E-state index is 12.5. The van der Waals surface area contributed by atoms with Crippen LogP contribution in [-0.2, 0) is 26.0 Å². The van der Waals surface area contributed by atoms with E-state index in [1.807, 2.05) is 61.9 Å². The van der Waals surface area contributed by atoms with Crippen molar-refractivity contribution in [1.29, 1.82) is 0 Å². The number of aromatic nitrogens is 2. The maximum Gasteiger partial charge on any atom is 0.413 e. The summed E-state index contributed by atoms with van der Waals surface area (Å²) in [6.07, 6.45) is 0.139. The first-order valence-electron chi connectivity index (χ1n) is 11.6. The van der Waals surface area contributed by atoms with E-state index in [1.165, 1.54) is 0 Å². The lowest BCUT2D eigenvalue weighted by molar-refractivity contribution is 0.0882. The van der Waals surface area contributed by atoms with Crippen LogP contribution in [0.1, 0.15) is 65.3 Å². The highest BCUT2D eigenvalue weighted by molar-refractivity contribution is 6.74. The second-order valence-electron chi connectivity index (χ2n) is 11.3. The summed E-state index contributed by atoms with van der Waals surface area (Å²) in [5.41, 5.74) is 1.41. The van der Waals surface area contributed by atoms with E-state index in [-0.39, 0.29) is 29.4 Å². The summed E-state index contributed by atoms with van der Waals surface area (Å²) < 4.78 is 19.8. The second-order valence-corrected chi connectivity index (χ2v) is 16.0. The lowest BCUT2D eigenvalue weighted by Gasteiger charge is -2.38. The van der Waals surface area contributed by atoms with Crippen LogP contribution < -0.4 is 5.32 Å². The molecule has 0 unspecified atom stereocenters. The summed E-state index contributed by atoms with van der Waals surface area (Å²) in [5, 5.41) is 7.80. The minimum absolute atomic E-state index is 0.0583. The van der Waals surface area contributed by atoms with Crippen LogP contribution in [0, 0.1) is 0 Å². The molecule has 0 aliphatic carbocycles. The summed E-state index contributed by atoms with van der Waals surface area (Å²) in [4.78, 5) is 12.5. The van der Waals surface area contributed by atoms with Crippen LogP contribution >= 0.6 is 0 Å². The van der Waals surface area contributed by atoms with Gasteiger partial charge in [-0.15, -0.1) is 0 Å². The van der Waals surface area contributed by atoms with Crippen molar-refractivity contribution in [3.05, 3.63) is 47.7 Å². The fraction of sp³-hybridized carbons (Fsp3) is 0.600. The predicted molar refractivity (Wildman–Crippen MR) is 133 cm³/mol. The van der Waals surface area contributed by atoms with Crippen molar-refractivity contribution >= 4 is 20.2 Å². The molecule has 1 amide bonds. The van der Waals surface area contributed by atoms with Gasteiger partial charge < -0.3 is 13.9 Å². The molecule has 0 saturated carbocycles. The molecule has 2 atom stereocenters. The lowest BCUT2D eigenvalue weighted by atomic mass is 10.1. The van der Waals surface area contributed by atoms with Crippen LogP contribution in [0.3, 0.4) is 0 Å². The highest BCUT2D eigenvalue weighted by Crippen LogP contribution is 2.40. The minimum atomic E-state index is -1.87. The first-order chi connectivity index (χ1) is 15.3. The molecule has 0 radical (unpaired) electrons. The smallest absolute Gasteiger partial charge is 0.413 e. The second kappa shape index (κ2) is 9.60. The Morgan fingerprint density at radius 2 is 1.85 bits per heavy atom. The lowest BCUT2D eigenvalue weighted by Crippen LogP contribution is -2.44. The molecule has 182 valence electrons. The van der Waals surface area contributed by atoms with Gasteiger partial charge in [0.1, 0.15) is 18.5 Å². The SMILES string of the molecule is CC(C)(C)n1nc([C@H]2C[C@@H](O[Si](C)(C)C(C)(C)C)CO2)cc1NC(=O)OCc1ccccc1. The standard InChI is InChI=1S/C25H39N3O4Si/c1-24(2,3)28-22(26-23(29)31-16-18-12-10-9-11-13-18)15-20(27-28)21-14-19(17-30-21)32-33(7,8)25(4,5)6/h9-13,15,19,21H,14,16-17H2,1-8H3,(H,26,29)/t19-,21-/m1/s1. The van der Waals surface area contributed by atoms with E-state index in [2.05, 4.69) is 39.2 Å². The van der Waals surface area contributed by atoms with Gasteiger partial charge in [0.05, 0.1) is 23.9 Å². The summed E-state index contributed by atoms with van der Waals surface area (Å²) in [5.74, 6) is 0.591. The van der Waals surface area contributed by atoms with Gasteiger partial charge in [-0.3, -0.25) is 5.32 Å². The molecule has 1 saturated heterocycles. The van der Waals surface area contributed by atoms with E-state index < -0.39 is 14.4 Å². The van der Waals surface area contributed by atoms with Gasteiger partial charge in [0.25, 0.3) is 0 Å². The number of benzene rings is 1. The highest BCUT2D eigenvalue weighted by Gasteiger charge is 2.42. The molecule has 3 rings (SSSR count). The predicted octanol–water partition coefficient (Wildman–Crippen LogP) is 6.24. The Balaban J connectivity index is 1.68. The Bertz CT molecular complexity index is 945. The number of anilines is 1. The first-order valence-corrected chi connectivity index (χ1v) is 14.5. The summed E-state index contributed by atoms with van der Waals surface area (Å²) in [6.45, 7) is 18.2. The molecule has 1 aromatic heterocycles. The monoisotopic (exact) mass is 473 g/mol. The van der Waals surface area contributed by atoms with Crippen LogP contribution in [0.4, 0.5) is 10.6 Å². The van der Waals surface area contributed by atoms with Crippen molar-refractivity contribution in [2.24, 2.45) is 0 Å². The van der Waals surface area contributed by atoms with Crippen molar-refractivity contribution in [3.63, 3.8) is 0 Å². The molecule has 1 aliphatic heterocycles. The molecule has 33 heavy (non-hydrogen) atoms.